The third kappa shape index (κ3) is 2.97. The second kappa shape index (κ2) is 5.91. The Hall–Kier alpha value is -1.78. The van der Waals surface area contributed by atoms with Crippen LogP contribution in [0.3, 0.4) is 0 Å². The van der Waals surface area contributed by atoms with Gasteiger partial charge >= 0.3 is 0 Å². The SMILES string of the molecule is CCC(Cc1cn(CC)nn1)c1cccc(F)c1F. The van der Waals surface area contributed by atoms with Crippen molar-refractivity contribution in [1.82, 2.24) is 15.0 Å². The zero-order valence-corrected chi connectivity index (χ0v) is 11.1. The molecule has 19 heavy (non-hydrogen) atoms. The van der Waals surface area contributed by atoms with Gasteiger partial charge in [-0.25, -0.2) is 8.78 Å². The fourth-order valence-corrected chi connectivity index (χ4v) is 2.15. The Morgan fingerprint density at radius 3 is 2.68 bits per heavy atom. The van der Waals surface area contributed by atoms with Gasteiger partial charge in [0.2, 0.25) is 0 Å². The molecule has 1 aromatic heterocycles. The van der Waals surface area contributed by atoms with E-state index in [2.05, 4.69) is 10.3 Å². The summed E-state index contributed by atoms with van der Waals surface area (Å²) in [4.78, 5) is 0. The summed E-state index contributed by atoms with van der Waals surface area (Å²) in [5.41, 5.74) is 1.21. The van der Waals surface area contributed by atoms with Gasteiger partial charge in [0.15, 0.2) is 11.6 Å². The Bertz CT molecular complexity index is 551. The molecule has 1 atom stereocenters. The molecule has 0 fully saturated rings. The van der Waals surface area contributed by atoms with Crippen molar-refractivity contribution >= 4 is 0 Å². The van der Waals surface area contributed by atoms with E-state index in [1.54, 1.807) is 16.8 Å². The number of hydrogen-bond donors (Lipinski definition) is 0. The molecule has 1 unspecified atom stereocenters. The Morgan fingerprint density at radius 1 is 1.26 bits per heavy atom. The lowest BCUT2D eigenvalue weighted by atomic mass is 9.91. The first-order valence-corrected chi connectivity index (χ1v) is 6.48. The van der Waals surface area contributed by atoms with Crippen LogP contribution in [0.15, 0.2) is 24.4 Å². The van der Waals surface area contributed by atoms with Gasteiger partial charge in [-0.1, -0.05) is 24.3 Å². The minimum atomic E-state index is -0.798. The molecule has 0 saturated heterocycles. The smallest absolute Gasteiger partial charge is 0.162 e. The molecule has 0 aliphatic rings. The van der Waals surface area contributed by atoms with Crippen LogP contribution in [0.5, 0.6) is 0 Å². The highest BCUT2D eigenvalue weighted by molar-refractivity contribution is 5.24. The van der Waals surface area contributed by atoms with Crippen LogP contribution < -0.4 is 0 Å². The van der Waals surface area contributed by atoms with Crippen molar-refractivity contribution in [2.75, 3.05) is 0 Å². The van der Waals surface area contributed by atoms with E-state index in [0.29, 0.717) is 12.0 Å². The second-order valence-corrected chi connectivity index (χ2v) is 4.52. The summed E-state index contributed by atoms with van der Waals surface area (Å²) >= 11 is 0. The first-order chi connectivity index (χ1) is 9.15. The van der Waals surface area contributed by atoms with Crippen LogP contribution in [0.2, 0.25) is 0 Å². The van der Waals surface area contributed by atoms with Gasteiger partial charge in [-0.05, 0) is 30.9 Å². The average Bonchev–Trinajstić information content (AvgIpc) is 2.87. The van der Waals surface area contributed by atoms with Crippen molar-refractivity contribution in [3.8, 4) is 0 Å². The van der Waals surface area contributed by atoms with E-state index in [0.717, 1.165) is 24.7 Å². The molecule has 2 rings (SSSR count). The van der Waals surface area contributed by atoms with Gasteiger partial charge in [0.1, 0.15) is 0 Å². The normalized spacial score (nSPS) is 12.6. The molecule has 0 saturated carbocycles. The lowest BCUT2D eigenvalue weighted by Crippen LogP contribution is -2.06. The number of benzene rings is 1. The number of aromatic nitrogens is 3. The predicted octanol–water partition coefficient (Wildman–Crippen LogP) is 3.31. The van der Waals surface area contributed by atoms with Gasteiger partial charge in [0.05, 0.1) is 5.69 Å². The zero-order valence-electron chi connectivity index (χ0n) is 11.1. The Balaban J connectivity index is 2.22. The highest BCUT2D eigenvalue weighted by Crippen LogP contribution is 2.26. The molecule has 1 heterocycles. The van der Waals surface area contributed by atoms with Gasteiger partial charge in [-0.2, -0.15) is 0 Å². The summed E-state index contributed by atoms with van der Waals surface area (Å²) < 4.78 is 28.8. The summed E-state index contributed by atoms with van der Waals surface area (Å²) in [7, 11) is 0. The average molecular weight is 265 g/mol. The molecule has 2 aromatic rings. The fraction of sp³-hybridized carbons (Fsp3) is 0.429. The first-order valence-electron chi connectivity index (χ1n) is 6.48. The van der Waals surface area contributed by atoms with E-state index in [9.17, 15) is 8.78 Å². The van der Waals surface area contributed by atoms with Crippen molar-refractivity contribution in [3.63, 3.8) is 0 Å². The molecular weight excluding hydrogens is 248 g/mol. The maximum absolute atomic E-state index is 13.8. The molecule has 1 aromatic carbocycles. The molecule has 0 aliphatic heterocycles. The quantitative estimate of drug-likeness (QED) is 0.830. The molecule has 0 N–H and O–H groups in total. The number of nitrogens with zero attached hydrogens (tertiary/aromatic N) is 3. The lowest BCUT2D eigenvalue weighted by molar-refractivity contribution is 0.482. The van der Waals surface area contributed by atoms with Crippen LogP contribution in [0, 0.1) is 11.6 Å². The van der Waals surface area contributed by atoms with Crippen molar-refractivity contribution in [2.24, 2.45) is 0 Å². The van der Waals surface area contributed by atoms with E-state index in [-0.39, 0.29) is 5.92 Å². The molecule has 0 bridgehead atoms. The summed E-state index contributed by atoms with van der Waals surface area (Å²) in [6.45, 7) is 4.68. The lowest BCUT2D eigenvalue weighted by Gasteiger charge is -2.14. The molecule has 102 valence electrons. The van der Waals surface area contributed by atoms with Crippen molar-refractivity contribution in [3.05, 3.63) is 47.3 Å². The standard InChI is InChI=1S/C14H17F2N3/c1-3-10(8-11-9-19(4-2)18-17-11)12-6-5-7-13(15)14(12)16/h5-7,9-10H,3-4,8H2,1-2H3. The predicted molar refractivity (Wildman–Crippen MR) is 68.8 cm³/mol. The van der Waals surface area contributed by atoms with E-state index < -0.39 is 11.6 Å². The Labute approximate surface area is 111 Å². The minimum Gasteiger partial charge on any atom is -0.253 e. The van der Waals surface area contributed by atoms with Crippen LogP contribution in [0.25, 0.3) is 0 Å². The number of hydrogen-bond acceptors (Lipinski definition) is 2. The summed E-state index contributed by atoms with van der Waals surface area (Å²) in [6, 6.07) is 4.31. The fourth-order valence-electron chi connectivity index (χ4n) is 2.15. The van der Waals surface area contributed by atoms with E-state index >= 15 is 0 Å². The van der Waals surface area contributed by atoms with Gasteiger partial charge in [-0.3, -0.25) is 4.68 Å². The van der Waals surface area contributed by atoms with Crippen LogP contribution in [-0.4, -0.2) is 15.0 Å². The summed E-state index contributed by atoms with van der Waals surface area (Å²) in [5, 5.41) is 8.00. The maximum Gasteiger partial charge on any atom is 0.162 e. The van der Waals surface area contributed by atoms with Gasteiger partial charge in [0.25, 0.3) is 0 Å². The van der Waals surface area contributed by atoms with Gasteiger partial charge < -0.3 is 0 Å². The molecular formula is C14H17F2N3. The van der Waals surface area contributed by atoms with Crippen molar-refractivity contribution in [2.45, 2.75) is 39.2 Å². The second-order valence-electron chi connectivity index (χ2n) is 4.52. The molecule has 0 radical (unpaired) electrons. The molecule has 5 heteroatoms. The first kappa shape index (κ1) is 13.6. The topological polar surface area (TPSA) is 30.7 Å². The zero-order chi connectivity index (χ0) is 13.8. The highest BCUT2D eigenvalue weighted by atomic mass is 19.2. The maximum atomic E-state index is 13.8. The number of rotatable bonds is 5. The minimum absolute atomic E-state index is 0.0855. The van der Waals surface area contributed by atoms with Crippen LogP contribution in [0.1, 0.15) is 37.4 Å². The molecule has 0 spiro atoms. The highest BCUT2D eigenvalue weighted by Gasteiger charge is 2.18. The Morgan fingerprint density at radius 2 is 2.05 bits per heavy atom. The molecule has 0 amide bonds. The van der Waals surface area contributed by atoms with Gasteiger partial charge in [0, 0.05) is 19.2 Å². The monoisotopic (exact) mass is 265 g/mol. The van der Waals surface area contributed by atoms with Crippen molar-refractivity contribution in [1.29, 1.82) is 0 Å². The third-order valence-corrected chi connectivity index (χ3v) is 3.28. The molecule has 3 nitrogen and oxygen atoms in total. The molecule has 0 aliphatic carbocycles. The Kier molecular flexibility index (Phi) is 4.24. The third-order valence-electron chi connectivity index (χ3n) is 3.28. The summed E-state index contributed by atoms with van der Waals surface area (Å²) in [6.07, 6.45) is 3.14. The van der Waals surface area contributed by atoms with E-state index in [1.165, 1.54) is 0 Å². The van der Waals surface area contributed by atoms with E-state index in [1.807, 2.05) is 20.0 Å². The van der Waals surface area contributed by atoms with E-state index in [4.69, 9.17) is 0 Å². The summed E-state index contributed by atoms with van der Waals surface area (Å²) in [5.74, 6) is -1.64. The van der Waals surface area contributed by atoms with Crippen LogP contribution >= 0.6 is 0 Å². The largest absolute Gasteiger partial charge is 0.253 e. The number of halogens is 2. The van der Waals surface area contributed by atoms with Crippen LogP contribution in [-0.2, 0) is 13.0 Å². The van der Waals surface area contributed by atoms with Crippen LogP contribution in [0.4, 0.5) is 8.78 Å². The van der Waals surface area contributed by atoms with Crippen molar-refractivity contribution < 1.29 is 8.78 Å². The van der Waals surface area contributed by atoms with Gasteiger partial charge in [-0.15, -0.1) is 5.10 Å². The number of aryl methyl sites for hydroxylation is 1.